The van der Waals surface area contributed by atoms with Crippen LogP contribution in [0.3, 0.4) is 0 Å². The number of carboxylic acids is 2. The average Bonchev–Trinajstić information content (AvgIpc) is 2.56. The van der Waals surface area contributed by atoms with Gasteiger partial charge < -0.3 is 14.9 Å². The van der Waals surface area contributed by atoms with Gasteiger partial charge in [-0.2, -0.15) is 0 Å². The molecule has 0 amide bonds. The van der Waals surface area contributed by atoms with Crippen molar-refractivity contribution in [2.24, 2.45) is 0 Å². The van der Waals surface area contributed by atoms with Crippen molar-refractivity contribution < 1.29 is 29.3 Å². The maximum Gasteiger partial charge on any atom is 0.338 e. The Kier molecular flexibility index (Phi) is 6.19. The second-order valence-electron chi connectivity index (χ2n) is 5.05. The largest absolute Gasteiger partial charge is 0.481 e. The Morgan fingerprint density at radius 2 is 1.60 bits per heavy atom. The minimum Gasteiger partial charge on any atom is -0.481 e. The first-order valence-corrected chi connectivity index (χ1v) is 8.25. The number of hydrogen-bond donors (Lipinski definition) is 2. The van der Waals surface area contributed by atoms with Crippen LogP contribution in [0.15, 0.2) is 52.3 Å². The van der Waals surface area contributed by atoms with Crippen LogP contribution in [-0.4, -0.2) is 34.7 Å². The Morgan fingerprint density at radius 1 is 0.960 bits per heavy atom. The summed E-state index contributed by atoms with van der Waals surface area (Å²) in [6.07, 6.45) is -0.0532. The average molecular weight is 360 g/mol. The molecule has 2 aromatic carbocycles. The maximum absolute atomic E-state index is 11.8. The number of carbonyl (C=O) groups excluding carboxylic acids is 1. The molecule has 0 heterocycles. The number of rotatable bonds is 7. The predicted octanol–water partition coefficient (Wildman–Crippen LogP) is 3.34. The number of carboxylic acid groups (broad SMARTS) is 2. The van der Waals surface area contributed by atoms with E-state index in [0.717, 1.165) is 4.90 Å². The highest BCUT2D eigenvalue weighted by Gasteiger charge is 2.18. The quantitative estimate of drug-likeness (QED) is 0.730. The molecule has 0 fully saturated rings. The first-order valence-electron chi connectivity index (χ1n) is 7.43. The van der Waals surface area contributed by atoms with Gasteiger partial charge in [0.1, 0.15) is 0 Å². The molecule has 0 aliphatic carbocycles. The molecule has 0 radical (unpaired) electrons. The summed E-state index contributed by atoms with van der Waals surface area (Å²) in [5.41, 5.74) is 0.571. The molecule has 0 saturated carbocycles. The van der Waals surface area contributed by atoms with E-state index >= 15 is 0 Å². The van der Waals surface area contributed by atoms with Crippen LogP contribution in [0.2, 0.25) is 0 Å². The third-order valence-corrected chi connectivity index (χ3v) is 4.23. The first kappa shape index (κ1) is 18.5. The molecule has 0 atom stereocenters. The number of hydrogen-bond acceptors (Lipinski definition) is 5. The number of benzene rings is 2. The summed E-state index contributed by atoms with van der Waals surface area (Å²) in [6, 6.07) is 11.5. The topological polar surface area (TPSA) is 101 Å². The summed E-state index contributed by atoms with van der Waals surface area (Å²) in [7, 11) is 0. The van der Waals surface area contributed by atoms with Crippen molar-refractivity contribution in [1.29, 1.82) is 0 Å². The summed E-state index contributed by atoms with van der Waals surface area (Å²) in [6.45, 7) is 1.81. The number of esters is 1. The lowest BCUT2D eigenvalue weighted by molar-refractivity contribution is -0.136. The molecule has 0 unspecified atom stereocenters. The lowest BCUT2D eigenvalue weighted by Gasteiger charge is -2.08. The van der Waals surface area contributed by atoms with Crippen molar-refractivity contribution in [1.82, 2.24) is 0 Å². The highest BCUT2D eigenvalue weighted by atomic mass is 32.2. The van der Waals surface area contributed by atoms with Crippen LogP contribution in [0.4, 0.5) is 0 Å². The molecule has 0 aromatic heterocycles. The SMILES string of the molecule is CCOC(=O)c1ccc(Sc2ccc(CC(=O)O)cc2)cc1C(=O)O. The fourth-order valence-corrected chi connectivity index (χ4v) is 2.99. The molecule has 0 saturated heterocycles. The Bertz CT molecular complexity index is 798. The zero-order valence-electron chi connectivity index (χ0n) is 13.4. The van der Waals surface area contributed by atoms with E-state index in [1.54, 1.807) is 37.3 Å². The zero-order chi connectivity index (χ0) is 18.4. The van der Waals surface area contributed by atoms with Gasteiger partial charge in [-0.05, 0) is 42.8 Å². The molecule has 0 aliphatic heterocycles. The van der Waals surface area contributed by atoms with Gasteiger partial charge in [-0.1, -0.05) is 23.9 Å². The summed E-state index contributed by atoms with van der Waals surface area (Å²) in [5, 5.41) is 18.1. The molecule has 6 nitrogen and oxygen atoms in total. The number of aromatic carboxylic acids is 1. The van der Waals surface area contributed by atoms with Crippen LogP contribution in [0.5, 0.6) is 0 Å². The highest BCUT2D eigenvalue weighted by Crippen LogP contribution is 2.30. The minimum absolute atomic E-state index is 0.00973. The molecule has 25 heavy (non-hydrogen) atoms. The normalized spacial score (nSPS) is 10.3. The van der Waals surface area contributed by atoms with E-state index in [-0.39, 0.29) is 24.2 Å². The zero-order valence-corrected chi connectivity index (χ0v) is 14.2. The predicted molar refractivity (Wildman–Crippen MR) is 91.3 cm³/mol. The third kappa shape index (κ3) is 5.09. The van der Waals surface area contributed by atoms with Crippen LogP contribution < -0.4 is 0 Å². The van der Waals surface area contributed by atoms with Gasteiger partial charge in [0.15, 0.2) is 0 Å². The van der Waals surface area contributed by atoms with Crippen molar-refractivity contribution in [2.45, 2.75) is 23.1 Å². The van der Waals surface area contributed by atoms with E-state index in [4.69, 9.17) is 9.84 Å². The molecular weight excluding hydrogens is 344 g/mol. The van der Waals surface area contributed by atoms with Crippen molar-refractivity contribution >= 4 is 29.7 Å². The molecule has 2 N–H and O–H groups in total. The fourth-order valence-electron chi connectivity index (χ4n) is 2.14. The van der Waals surface area contributed by atoms with Gasteiger partial charge in [0, 0.05) is 9.79 Å². The van der Waals surface area contributed by atoms with Crippen LogP contribution in [-0.2, 0) is 16.0 Å². The van der Waals surface area contributed by atoms with Gasteiger partial charge in [-0.15, -0.1) is 0 Å². The van der Waals surface area contributed by atoms with Gasteiger partial charge >= 0.3 is 17.9 Å². The van der Waals surface area contributed by atoms with Crippen molar-refractivity contribution in [3.05, 3.63) is 59.2 Å². The molecular formula is C18H16O6S. The lowest BCUT2D eigenvalue weighted by atomic mass is 10.1. The van der Waals surface area contributed by atoms with Crippen LogP contribution >= 0.6 is 11.8 Å². The Morgan fingerprint density at radius 3 is 2.16 bits per heavy atom. The van der Waals surface area contributed by atoms with Gasteiger partial charge in [-0.3, -0.25) is 4.79 Å². The Balaban J connectivity index is 2.22. The second-order valence-corrected chi connectivity index (χ2v) is 6.20. The summed E-state index contributed by atoms with van der Waals surface area (Å²) in [5.74, 6) is -2.78. The first-order chi connectivity index (χ1) is 11.9. The molecule has 0 spiro atoms. The molecule has 2 rings (SSSR count). The second kappa shape index (κ2) is 8.34. The van der Waals surface area contributed by atoms with E-state index < -0.39 is 17.9 Å². The van der Waals surface area contributed by atoms with E-state index in [1.807, 2.05) is 0 Å². The third-order valence-electron chi connectivity index (χ3n) is 3.23. The lowest BCUT2D eigenvalue weighted by Crippen LogP contribution is -2.11. The van der Waals surface area contributed by atoms with Crippen molar-refractivity contribution in [3.8, 4) is 0 Å². The van der Waals surface area contributed by atoms with Crippen molar-refractivity contribution in [3.63, 3.8) is 0 Å². The Labute approximate surface area is 148 Å². The van der Waals surface area contributed by atoms with Crippen LogP contribution in [0.1, 0.15) is 33.2 Å². The molecule has 130 valence electrons. The van der Waals surface area contributed by atoms with Crippen LogP contribution in [0.25, 0.3) is 0 Å². The van der Waals surface area contributed by atoms with Crippen LogP contribution in [0, 0.1) is 0 Å². The smallest absolute Gasteiger partial charge is 0.338 e. The van der Waals surface area contributed by atoms with Gasteiger partial charge in [0.25, 0.3) is 0 Å². The summed E-state index contributed by atoms with van der Waals surface area (Å²) < 4.78 is 4.86. The van der Waals surface area contributed by atoms with Gasteiger partial charge in [0.2, 0.25) is 0 Å². The number of aliphatic carboxylic acids is 1. The molecule has 7 heteroatoms. The van der Waals surface area contributed by atoms with Gasteiger partial charge in [-0.25, -0.2) is 9.59 Å². The molecule has 2 aromatic rings. The van der Waals surface area contributed by atoms with E-state index in [9.17, 15) is 19.5 Å². The fraction of sp³-hybridized carbons (Fsp3) is 0.167. The van der Waals surface area contributed by atoms with Gasteiger partial charge in [0.05, 0.1) is 24.2 Å². The molecule has 0 bridgehead atoms. The minimum atomic E-state index is -1.21. The summed E-state index contributed by atoms with van der Waals surface area (Å²) >= 11 is 1.32. The van der Waals surface area contributed by atoms with E-state index in [1.165, 1.54) is 23.9 Å². The highest BCUT2D eigenvalue weighted by molar-refractivity contribution is 7.99. The maximum atomic E-state index is 11.8. The van der Waals surface area contributed by atoms with E-state index in [2.05, 4.69) is 0 Å². The van der Waals surface area contributed by atoms with Crippen molar-refractivity contribution in [2.75, 3.05) is 6.61 Å². The number of carbonyl (C=O) groups is 3. The Hall–Kier alpha value is -2.80. The standard InChI is InChI=1S/C18H16O6S/c1-2-24-18(23)14-8-7-13(10-15(14)17(21)22)25-12-5-3-11(4-6-12)9-16(19)20/h3-8,10H,2,9H2,1H3,(H,19,20)(H,21,22). The molecule has 0 aliphatic rings. The monoisotopic (exact) mass is 360 g/mol. The number of ether oxygens (including phenoxy) is 1. The van der Waals surface area contributed by atoms with E-state index in [0.29, 0.717) is 10.5 Å². The summed E-state index contributed by atoms with van der Waals surface area (Å²) in [4.78, 5) is 35.4.